The van der Waals surface area contributed by atoms with Gasteiger partial charge in [0.25, 0.3) is 5.56 Å². The smallest absolute Gasteiger partial charge is 0.328 e. The van der Waals surface area contributed by atoms with Crippen molar-refractivity contribution in [3.63, 3.8) is 0 Å². The van der Waals surface area contributed by atoms with E-state index >= 15 is 0 Å². The quantitative estimate of drug-likeness (QED) is 0.0288. The largest absolute Gasteiger partial charge is 0.508 e. The summed E-state index contributed by atoms with van der Waals surface area (Å²) in [6, 6.07) is -5.41. The number of aromatic nitrogens is 2. The maximum atomic E-state index is 15.0. The van der Waals surface area contributed by atoms with Crippen LogP contribution in [0.1, 0.15) is 97.3 Å². The van der Waals surface area contributed by atoms with Gasteiger partial charge in [0.15, 0.2) is 0 Å². The minimum absolute atomic E-state index is 0.0497. The molecule has 0 saturated carbocycles. The second-order valence-corrected chi connectivity index (χ2v) is 30.0. The molecular formula is C70H99N17O22S2. The van der Waals surface area contributed by atoms with Crippen LogP contribution < -0.4 is 80.4 Å². The number of likely N-dealkylation sites (N-methyl/N-ethyl adjacent to an activating group) is 1. The van der Waals surface area contributed by atoms with E-state index in [2.05, 4.69) is 74.1 Å². The summed E-state index contributed by atoms with van der Waals surface area (Å²) >= 11 is 0. The summed E-state index contributed by atoms with van der Waals surface area (Å²) in [6.07, 6.45) is -2.41. The van der Waals surface area contributed by atoms with Crippen LogP contribution in [0.15, 0.2) is 64.3 Å². The third-order valence-corrected chi connectivity index (χ3v) is 19.7. The first-order valence-electron chi connectivity index (χ1n) is 35.6. The number of hydrogen-bond donors (Lipinski definition) is 18. The molecule has 15 amide bonds. The number of benzene rings is 2. The van der Waals surface area contributed by atoms with E-state index in [0.717, 1.165) is 56.0 Å². The number of aryl methyl sites for hydroxylation is 1. The molecule has 0 aliphatic carbocycles. The molecule has 0 radical (unpaired) electrons. The zero-order chi connectivity index (χ0) is 82.5. The fraction of sp³-hybridized carbons (Fsp3) is 0.543. The summed E-state index contributed by atoms with van der Waals surface area (Å²) in [5.41, 5.74) is -1.04. The second-order valence-electron chi connectivity index (χ2n) is 27.5. The number of nitrogens with one attached hydrogen (secondary N) is 14. The van der Waals surface area contributed by atoms with E-state index in [-0.39, 0.29) is 86.2 Å². The highest BCUT2D eigenvalue weighted by molar-refractivity contribution is 8.76. The molecular weight excluding hydrogens is 1500 g/mol. The number of hydrogen-bond acceptors (Lipinski definition) is 23. The highest BCUT2D eigenvalue weighted by atomic mass is 33.1. The molecule has 3 heterocycles. The van der Waals surface area contributed by atoms with Crippen molar-refractivity contribution < 1.29 is 97.1 Å². The number of rotatable bonds is 29. The average Bonchev–Trinajstić information content (AvgIpc) is 1.65. The predicted octanol–water partition coefficient (Wildman–Crippen LogP) is -5.60. The minimum atomic E-state index is -2.09. The number of phenols is 2. The van der Waals surface area contributed by atoms with Crippen molar-refractivity contribution >= 4 is 116 Å². The normalized spacial score (nSPS) is 20.1. The van der Waals surface area contributed by atoms with Crippen molar-refractivity contribution in [3.05, 3.63) is 92.3 Å². The number of aromatic hydroxyl groups is 2. The van der Waals surface area contributed by atoms with Crippen LogP contribution in [-0.4, -0.2) is 259 Å². The van der Waals surface area contributed by atoms with E-state index in [1.54, 1.807) is 27.7 Å². The molecule has 111 heavy (non-hydrogen) atoms. The van der Waals surface area contributed by atoms with Crippen molar-refractivity contribution in [1.82, 2.24) is 88.5 Å². The summed E-state index contributed by atoms with van der Waals surface area (Å²) in [7, 11) is 2.91. The number of phenolic OH excluding ortho intramolecular Hbond substituents is 2. The van der Waals surface area contributed by atoms with Gasteiger partial charge in [-0.3, -0.25) is 91.1 Å². The first-order chi connectivity index (χ1) is 52.3. The average molecular weight is 1590 g/mol. The van der Waals surface area contributed by atoms with Crippen molar-refractivity contribution in [2.45, 2.75) is 173 Å². The van der Waals surface area contributed by atoms with Crippen LogP contribution in [0, 0.1) is 18.8 Å². The maximum Gasteiger partial charge on any atom is 0.328 e. The lowest BCUT2D eigenvalue weighted by molar-refractivity contribution is -0.143. The number of carboxylic acids is 1. The molecule has 5 rings (SSSR count). The van der Waals surface area contributed by atoms with Crippen LogP contribution in [0.5, 0.6) is 11.5 Å². The number of carboxylic acid groups (broad SMARTS) is 1. The topological polar surface area (TPSA) is 572 Å². The van der Waals surface area contributed by atoms with E-state index in [0.29, 0.717) is 5.56 Å². The minimum Gasteiger partial charge on any atom is -0.508 e. The Morgan fingerprint density at radius 3 is 1.79 bits per heavy atom. The van der Waals surface area contributed by atoms with Gasteiger partial charge in [0.05, 0.1) is 25.6 Å². The molecule has 18 N–H and O–H groups in total. The Morgan fingerprint density at radius 1 is 0.649 bits per heavy atom. The zero-order valence-corrected chi connectivity index (χ0v) is 64.4. The number of aliphatic carboxylic acids is 1. The zero-order valence-electron chi connectivity index (χ0n) is 62.8. The van der Waals surface area contributed by atoms with Gasteiger partial charge in [-0.05, 0) is 86.8 Å². The van der Waals surface area contributed by atoms with Crippen LogP contribution >= 0.6 is 21.6 Å². The molecule has 2 aliphatic heterocycles. The summed E-state index contributed by atoms with van der Waals surface area (Å²) in [5.74, 6) is -17.6. The molecule has 2 fully saturated rings. The summed E-state index contributed by atoms with van der Waals surface area (Å²) in [5, 5.41) is 73.6. The first-order valence-corrected chi connectivity index (χ1v) is 38.1. The Labute approximate surface area is 645 Å². The Morgan fingerprint density at radius 2 is 1.23 bits per heavy atom. The summed E-state index contributed by atoms with van der Waals surface area (Å²) < 4.78 is 0.869. The summed E-state index contributed by atoms with van der Waals surface area (Å²) in [6.45, 7) is 8.07. The number of likely N-dealkylation sites (tertiary alicyclic amines) is 1. The van der Waals surface area contributed by atoms with Gasteiger partial charge < -0.3 is 99.3 Å². The van der Waals surface area contributed by atoms with Crippen LogP contribution in [0.2, 0.25) is 0 Å². The Kier molecular flexibility index (Phi) is 35.8. The number of amides is 15. The number of H-pyrrole nitrogens is 1. The predicted molar refractivity (Wildman–Crippen MR) is 401 cm³/mol. The Hall–Kier alpha value is -11.1. The van der Waals surface area contributed by atoms with Crippen LogP contribution in [0.4, 0.5) is 0 Å². The van der Waals surface area contributed by atoms with Gasteiger partial charge in [-0.1, -0.05) is 73.5 Å². The SMILES string of the molecule is CNC(=O)[C@H](CC(C)C)NC(=O)[C@@H]1CSSC[C@H](NC(=O)[C@@H]2CCCN2C(=O)C(CC(C)C)NC(=O)CN(CCNC(=O)C(CNC(C)=O)NC(C)=O)C(=O)Cn2cc(C)c(=O)[nH]c2=O)C(=O)N[C@@H](CC(=O)O)C(=O)N[C@@H](Cc2ccc(O)cc2)C(=O)N[C@@H](Cc2ccc(O)cc2)C(=O)NCC(=O)N[C@@H](C(C)O)C(=O)N1. The lowest BCUT2D eigenvalue weighted by Crippen LogP contribution is -2.61. The third-order valence-electron chi connectivity index (χ3n) is 17.2. The standard InChI is InChI=1S/C70H99N17O22S2/c1-35(2)23-45(60(99)71-9)77-66(105)52-34-111-110-33-51(65(104)80-48(27-57(96)97)64(103)79-47(26-42-14-18-44(92)19-15-42)63(102)78-46(25-41-12-16-43(91)17-13-41)61(100)74-29-54(93)83-58(38(6)88)68(107)82-52)81-67(106)53-11-10-21-87(53)69(108)49(24-36(3)4)76-55(94)31-85(56(95)32-86-30-37(5)59(98)84-70(86)109)22-20-72-62(101)50(75-40(8)90)28-73-39(7)89/h12-19,30,35-36,38,45-53,58,88,91-92H,10-11,20-29,31-34H2,1-9H3,(H,71,99)(H,72,101)(H,73,89)(H,74,100)(H,75,90)(H,76,94)(H,77,105)(H,78,102)(H,79,103)(H,80,104)(H,81,106)(H,82,107)(H,83,93)(H,96,97)(H,84,98,109)/t38?,45-,46-,47-,48-,49?,50?,51-,52-,53-,58-/m0/s1. The van der Waals surface area contributed by atoms with Gasteiger partial charge in [0, 0.05) is 83.2 Å². The molecule has 0 bridgehead atoms. The number of aliphatic hydroxyl groups excluding tert-OH is 1. The Balaban J connectivity index is 1.55. The first kappa shape index (κ1) is 90.5. The number of carbonyl (C=O) groups is 16. The third kappa shape index (κ3) is 30.0. The highest BCUT2D eigenvalue weighted by Crippen LogP contribution is 2.26. The van der Waals surface area contributed by atoms with Crippen LogP contribution in [0.3, 0.4) is 0 Å². The van der Waals surface area contributed by atoms with Crippen molar-refractivity contribution in [2.24, 2.45) is 11.8 Å². The van der Waals surface area contributed by atoms with Gasteiger partial charge in [-0.2, -0.15) is 0 Å². The van der Waals surface area contributed by atoms with Gasteiger partial charge >= 0.3 is 11.7 Å². The monoisotopic (exact) mass is 1590 g/mol. The van der Waals surface area contributed by atoms with Gasteiger partial charge in [-0.15, -0.1) is 0 Å². The lowest BCUT2D eigenvalue weighted by Gasteiger charge is -2.31. The lowest BCUT2D eigenvalue weighted by atomic mass is 10.0. The molecule has 2 saturated heterocycles. The second kappa shape index (κ2) is 43.9. The summed E-state index contributed by atoms with van der Waals surface area (Å²) in [4.78, 5) is 251. The molecule has 3 unspecified atom stereocenters. The number of nitrogens with zero attached hydrogens (tertiary/aromatic N) is 3. The van der Waals surface area contributed by atoms with E-state index in [1.807, 2.05) is 0 Å². The number of carbonyl (C=O) groups excluding carboxylic acids is 15. The molecule has 0 spiro atoms. The maximum absolute atomic E-state index is 15.0. The van der Waals surface area contributed by atoms with E-state index in [9.17, 15) is 107 Å². The molecule has 1 aromatic heterocycles. The molecule has 2 aromatic carbocycles. The fourth-order valence-corrected chi connectivity index (χ4v) is 13.9. The van der Waals surface area contributed by atoms with E-state index in [1.165, 1.54) is 69.4 Å². The highest BCUT2D eigenvalue weighted by Gasteiger charge is 2.41. The van der Waals surface area contributed by atoms with Gasteiger partial charge in [0.2, 0.25) is 88.6 Å². The Bertz CT molecular complexity index is 3990. The van der Waals surface area contributed by atoms with Gasteiger partial charge in [0.1, 0.15) is 78.5 Å². The fourth-order valence-electron chi connectivity index (χ4n) is 11.6. The van der Waals surface area contributed by atoms with Gasteiger partial charge in [-0.25, -0.2) is 4.79 Å². The molecule has 2 aliphatic rings. The number of aliphatic hydroxyl groups is 1. The molecule has 41 heteroatoms. The van der Waals surface area contributed by atoms with E-state index in [4.69, 9.17) is 0 Å². The van der Waals surface area contributed by atoms with Crippen molar-refractivity contribution in [1.29, 1.82) is 0 Å². The van der Waals surface area contributed by atoms with Crippen LogP contribution in [0.25, 0.3) is 0 Å². The van der Waals surface area contributed by atoms with Crippen molar-refractivity contribution in [2.75, 3.05) is 57.8 Å². The van der Waals surface area contributed by atoms with Crippen LogP contribution in [-0.2, 0) is 96.1 Å². The molecule has 11 atom stereocenters. The van der Waals surface area contributed by atoms with Crippen molar-refractivity contribution in [3.8, 4) is 11.5 Å². The molecule has 39 nitrogen and oxygen atoms in total. The molecule has 608 valence electrons. The number of aromatic amines is 1. The van der Waals surface area contributed by atoms with E-state index < -0.39 is 223 Å². The molecule has 3 aromatic rings.